The van der Waals surface area contributed by atoms with Crippen molar-refractivity contribution in [3.8, 4) is 23.3 Å². The van der Waals surface area contributed by atoms with E-state index in [1.165, 1.54) is 12.1 Å². The molecule has 0 aliphatic rings. The van der Waals surface area contributed by atoms with Crippen LogP contribution in [0.25, 0.3) is 6.08 Å². The van der Waals surface area contributed by atoms with Gasteiger partial charge in [0.2, 0.25) is 0 Å². The Kier molecular flexibility index (Phi) is 6.05. The normalized spacial score (nSPS) is 10.7. The van der Waals surface area contributed by atoms with Gasteiger partial charge in [-0.15, -0.1) is 0 Å². The molecule has 0 radical (unpaired) electrons. The second-order valence-electron chi connectivity index (χ2n) is 6.02. The first-order valence-corrected chi connectivity index (χ1v) is 8.68. The van der Waals surface area contributed by atoms with Crippen molar-refractivity contribution >= 4 is 23.4 Å². The Labute approximate surface area is 171 Å². The molecule has 0 spiro atoms. The zero-order chi connectivity index (χ0) is 21.5. The molecule has 0 saturated heterocycles. The molecule has 0 fully saturated rings. The number of amides is 1. The van der Waals surface area contributed by atoms with Crippen LogP contribution in [0, 0.1) is 21.4 Å². The van der Waals surface area contributed by atoms with E-state index in [1.54, 1.807) is 54.6 Å². The van der Waals surface area contributed by atoms with Gasteiger partial charge in [0.05, 0.1) is 10.6 Å². The van der Waals surface area contributed by atoms with Crippen molar-refractivity contribution in [2.45, 2.75) is 0 Å². The van der Waals surface area contributed by atoms with Crippen LogP contribution in [0.3, 0.4) is 0 Å². The number of nitriles is 1. The number of nitrogens with zero attached hydrogens (tertiary/aromatic N) is 2. The van der Waals surface area contributed by atoms with Gasteiger partial charge < -0.3 is 15.2 Å². The number of para-hydroxylation sites is 3. The number of anilines is 1. The molecule has 3 rings (SSSR count). The van der Waals surface area contributed by atoms with Crippen molar-refractivity contribution in [1.29, 1.82) is 5.26 Å². The lowest BCUT2D eigenvalue weighted by Crippen LogP contribution is -2.14. The summed E-state index contributed by atoms with van der Waals surface area (Å²) in [7, 11) is 0. The zero-order valence-electron chi connectivity index (χ0n) is 15.4. The summed E-state index contributed by atoms with van der Waals surface area (Å²) in [4.78, 5) is 22.7. The molecule has 1 amide bonds. The standard InChI is InChI=1S/C22H15N3O5/c23-14-16(12-15-10-11-20(26)19(13-15)25(28)29)22(27)24-18-8-4-5-9-21(18)30-17-6-2-1-3-7-17/h1-13,26H,(H,24,27)/p-1/b16-12+. The van der Waals surface area contributed by atoms with Gasteiger partial charge in [-0.1, -0.05) is 42.5 Å². The second kappa shape index (κ2) is 9.03. The van der Waals surface area contributed by atoms with Crippen LogP contribution >= 0.6 is 0 Å². The highest BCUT2D eigenvalue weighted by Crippen LogP contribution is 2.30. The Morgan fingerprint density at radius 2 is 1.77 bits per heavy atom. The lowest BCUT2D eigenvalue weighted by atomic mass is 10.1. The molecule has 0 aliphatic heterocycles. The summed E-state index contributed by atoms with van der Waals surface area (Å²) >= 11 is 0. The Bertz CT molecular complexity index is 1170. The first kappa shape index (κ1) is 20.1. The van der Waals surface area contributed by atoms with Crippen LogP contribution in [-0.4, -0.2) is 10.8 Å². The smallest absolute Gasteiger partial charge is 0.266 e. The Morgan fingerprint density at radius 1 is 1.07 bits per heavy atom. The number of nitro groups is 1. The van der Waals surface area contributed by atoms with Crippen LogP contribution in [0.4, 0.5) is 11.4 Å². The average Bonchev–Trinajstić information content (AvgIpc) is 2.75. The molecule has 0 aliphatic carbocycles. The van der Waals surface area contributed by atoms with E-state index in [-0.39, 0.29) is 11.1 Å². The van der Waals surface area contributed by atoms with Gasteiger partial charge in [0.25, 0.3) is 11.6 Å². The van der Waals surface area contributed by atoms with Gasteiger partial charge in [-0.25, -0.2) is 0 Å². The third-order valence-corrected chi connectivity index (χ3v) is 3.96. The summed E-state index contributed by atoms with van der Waals surface area (Å²) in [5.74, 6) is -0.538. The Hall–Kier alpha value is -4.64. The van der Waals surface area contributed by atoms with Crippen molar-refractivity contribution in [2.75, 3.05) is 5.32 Å². The minimum absolute atomic E-state index is 0.182. The third kappa shape index (κ3) is 4.79. The SMILES string of the molecule is N#C/C(=C\c1ccc([O-])c([N+](=O)[O-])c1)C(=O)Nc1ccccc1Oc1ccccc1. The fourth-order valence-electron chi connectivity index (χ4n) is 2.55. The number of hydrogen-bond donors (Lipinski definition) is 1. The van der Waals surface area contributed by atoms with E-state index in [2.05, 4.69) is 5.32 Å². The molecular weight excluding hydrogens is 386 g/mol. The molecule has 0 aromatic heterocycles. The number of nitrogens with one attached hydrogen (secondary N) is 1. The molecule has 0 unspecified atom stereocenters. The van der Waals surface area contributed by atoms with E-state index in [4.69, 9.17) is 4.74 Å². The summed E-state index contributed by atoms with van der Waals surface area (Å²) < 4.78 is 5.77. The van der Waals surface area contributed by atoms with Crippen molar-refractivity contribution in [2.24, 2.45) is 0 Å². The molecule has 8 heteroatoms. The first-order valence-electron chi connectivity index (χ1n) is 8.68. The van der Waals surface area contributed by atoms with Gasteiger partial charge >= 0.3 is 0 Å². The highest BCUT2D eigenvalue weighted by molar-refractivity contribution is 6.10. The van der Waals surface area contributed by atoms with Gasteiger partial charge in [0.1, 0.15) is 17.4 Å². The van der Waals surface area contributed by atoms with Crippen molar-refractivity contribution in [1.82, 2.24) is 0 Å². The number of rotatable bonds is 6. The predicted molar refractivity (Wildman–Crippen MR) is 108 cm³/mol. The molecule has 148 valence electrons. The fraction of sp³-hybridized carbons (Fsp3) is 0. The minimum Gasteiger partial charge on any atom is -0.868 e. The van der Waals surface area contributed by atoms with E-state index in [0.717, 1.165) is 12.1 Å². The molecular formula is C22H14N3O5-. The fourth-order valence-corrected chi connectivity index (χ4v) is 2.55. The van der Waals surface area contributed by atoms with Gasteiger partial charge in [0.15, 0.2) is 5.75 Å². The average molecular weight is 400 g/mol. The summed E-state index contributed by atoms with van der Waals surface area (Å²) in [5.41, 5.74) is -0.407. The van der Waals surface area contributed by atoms with Gasteiger partial charge in [-0.3, -0.25) is 14.9 Å². The number of carbonyl (C=O) groups excluding carboxylic acids is 1. The maximum absolute atomic E-state index is 12.6. The van der Waals surface area contributed by atoms with Crippen molar-refractivity contribution in [3.63, 3.8) is 0 Å². The largest absolute Gasteiger partial charge is 0.868 e. The second-order valence-corrected chi connectivity index (χ2v) is 6.02. The monoisotopic (exact) mass is 400 g/mol. The first-order chi connectivity index (χ1) is 14.5. The Morgan fingerprint density at radius 3 is 2.47 bits per heavy atom. The van der Waals surface area contributed by atoms with Gasteiger partial charge in [-0.05, 0) is 41.7 Å². The van der Waals surface area contributed by atoms with E-state index in [0.29, 0.717) is 17.2 Å². The molecule has 1 N–H and O–H groups in total. The maximum atomic E-state index is 12.6. The topological polar surface area (TPSA) is 128 Å². The predicted octanol–water partition coefficient (Wildman–Crippen LogP) is 4.01. The minimum atomic E-state index is -0.817. The van der Waals surface area contributed by atoms with Crippen LogP contribution in [0.1, 0.15) is 5.56 Å². The lowest BCUT2D eigenvalue weighted by molar-refractivity contribution is -0.398. The van der Waals surface area contributed by atoms with E-state index < -0.39 is 22.3 Å². The number of nitro benzene ring substituents is 1. The third-order valence-electron chi connectivity index (χ3n) is 3.96. The summed E-state index contributed by atoms with van der Waals surface area (Å²) in [6, 6.07) is 20.8. The van der Waals surface area contributed by atoms with Gasteiger partial charge in [0, 0.05) is 6.07 Å². The number of benzene rings is 3. The zero-order valence-corrected chi connectivity index (χ0v) is 15.4. The molecule has 0 saturated carbocycles. The van der Waals surface area contributed by atoms with Crippen LogP contribution in [-0.2, 0) is 4.79 Å². The number of ether oxygens (including phenoxy) is 1. The number of hydrogen-bond acceptors (Lipinski definition) is 6. The lowest BCUT2D eigenvalue weighted by Gasteiger charge is -2.12. The highest BCUT2D eigenvalue weighted by Gasteiger charge is 2.14. The molecule has 30 heavy (non-hydrogen) atoms. The molecule has 3 aromatic rings. The van der Waals surface area contributed by atoms with Crippen LogP contribution in [0.15, 0.2) is 78.4 Å². The van der Waals surface area contributed by atoms with Gasteiger partial charge in [-0.2, -0.15) is 5.26 Å². The van der Waals surface area contributed by atoms with Crippen molar-refractivity contribution < 1.29 is 19.6 Å². The van der Waals surface area contributed by atoms with E-state index >= 15 is 0 Å². The quantitative estimate of drug-likeness (QED) is 0.288. The summed E-state index contributed by atoms with van der Waals surface area (Å²) in [6.07, 6.45) is 1.17. The number of carbonyl (C=O) groups is 1. The molecule has 8 nitrogen and oxygen atoms in total. The molecule has 0 heterocycles. The van der Waals surface area contributed by atoms with E-state index in [1.807, 2.05) is 6.07 Å². The maximum Gasteiger partial charge on any atom is 0.266 e. The molecule has 0 atom stereocenters. The van der Waals surface area contributed by atoms with Crippen molar-refractivity contribution in [3.05, 3.63) is 94.0 Å². The summed E-state index contributed by atoms with van der Waals surface area (Å²) in [5, 5.41) is 34.4. The van der Waals surface area contributed by atoms with E-state index in [9.17, 15) is 25.3 Å². The molecule has 0 bridgehead atoms. The summed E-state index contributed by atoms with van der Waals surface area (Å²) in [6.45, 7) is 0. The highest BCUT2D eigenvalue weighted by atomic mass is 16.6. The van der Waals surface area contributed by atoms with Crippen LogP contribution in [0.5, 0.6) is 17.2 Å². The molecule has 3 aromatic carbocycles. The van der Waals surface area contributed by atoms with Crippen LogP contribution < -0.4 is 15.2 Å². The van der Waals surface area contributed by atoms with Crippen LogP contribution in [0.2, 0.25) is 0 Å². The Balaban J connectivity index is 1.85.